The van der Waals surface area contributed by atoms with Crippen molar-refractivity contribution in [1.29, 1.82) is 0 Å². The molecule has 1 aromatic heterocycles. The first-order valence-corrected chi connectivity index (χ1v) is 4.63. The van der Waals surface area contributed by atoms with Gasteiger partial charge in [-0.05, 0) is 31.2 Å². The van der Waals surface area contributed by atoms with Crippen molar-refractivity contribution in [2.24, 2.45) is 0 Å². The van der Waals surface area contributed by atoms with Crippen molar-refractivity contribution in [3.8, 4) is 5.75 Å². The van der Waals surface area contributed by atoms with Crippen LogP contribution >= 0.6 is 0 Å². The molecule has 78 valence electrons. The summed E-state index contributed by atoms with van der Waals surface area (Å²) in [5, 5.41) is 0. The summed E-state index contributed by atoms with van der Waals surface area (Å²) in [6, 6.07) is 7.20. The monoisotopic (exact) mass is 204 g/mol. The summed E-state index contributed by atoms with van der Waals surface area (Å²) in [5.74, 6) is 1.32. The Balaban J connectivity index is 1.96. The second-order valence-electron chi connectivity index (χ2n) is 3.24. The van der Waals surface area contributed by atoms with E-state index in [2.05, 4.69) is 4.98 Å². The number of aryl methyl sites for hydroxylation is 1. The Labute approximate surface area is 87.7 Å². The number of aromatic nitrogens is 1. The lowest BCUT2D eigenvalue weighted by atomic mass is 10.3. The summed E-state index contributed by atoms with van der Waals surface area (Å²) in [7, 11) is 0. The van der Waals surface area contributed by atoms with Gasteiger partial charge >= 0.3 is 0 Å². The fourth-order valence-electron chi connectivity index (χ4n) is 1.18. The van der Waals surface area contributed by atoms with Crippen LogP contribution in [0.25, 0.3) is 0 Å². The zero-order chi connectivity index (χ0) is 10.7. The first-order valence-electron chi connectivity index (χ1n) is 4.63. The minimum absolute atomic E-state index is 0.331. The fourth-order valence-corrected chi connectivity index (χ4v) is 1.18. The quantitative estimate of drug-likeness (QED) is 0.778. The molecule has 2 aromatic rings. The van der Waals surface area contributed by atoms with Crippen molar-refractivity contribution in [2.75, 3.05) is 5.73 Å². The zero-order valence-electron chi connectivity index (χ0n) is 8.43. The molecule has 1 aromatic carbocycles. The molecule has 4 nitrogen and oxygen atoms in total. The van der Waals surface area contributed by atoms with Crippen LogP contribution in [0.2, 0.25) is 0 Å². The molecule has 4 heteroatoms. The SMILES string of the molecule is Cc1coc(COc2ccc(N)cc2)n1. The highest BCUT2D eigenvalue weighted by Gasteiger charge is 2.01. The molecule has 0 saturated carbocycles. The lowest BCUT2D eigenvalue weighted by molar-refractivity contribution is 0.263. The molecule has 0 spiro atoms. The molecule has 0 aliphatic rings. The molecule has 1 heterocycles. The molecule has 0 unspecified atom stereocenters. The van der Waals surface area contributed by atoms with E-state index in [1.807, 2.05) is 19.1 Å². The fraction of sp³-hybridized carbons (Fsp3) is 0.182. The molecule has 0 aliphatic carbocycles. The summed E-state index contributed by atoms with van der Waals surface area (Å²) < 4.78 is 10.6. The second-order valence-corrected chi connectivity index (χ2v) is 3.24. The number of anilines is 1. The average molecular weight is 204 g/mol. The Morgan fingerprint density at radius 2 is 2.07 bits per heavy atom. The Hall–Kier alpha value is -1.97. The maximum atomic E-state index is 5.55. The Kier molecular flexibility index (Phi) is 2.58. The lowest BCUT2D eigenvalue weighted by Gasteiger charge is -2.02. The molecule has 0 saturated heterocycles. The van der Waals surface area contributed by atoms with Gasteiger partial charge in [0.2, 0.25) is 5.89 Å². The van der Waals surface area contributed by atoms with E-state index in [1.54, 1.807) is 18.4 Å². The van der Waals surface area contributed by atoms with Gasteiger partial charge in [0, 0.05) is 5.69 Å². The van der Waals surface area contributed by atoms with Gasteiger partial charge in [-0.25, -0.2) is 4.98 Å². The first-order chi connectivity index (χ1) is 7.24. The molecule has 2 rings (SSSR count). The van der Waals surface area contributed by atoms with Crippen molar-refractivity contribution >= 4 is 5.69 Å². The summed E-state index contributed by atoms with van der Waals surface area (Å²) in [6.07, 6.45) is 1.60. The van der Waals surface area contributed by atoms with Crippen molar-refractivity contribution in [2.45, 2.75) is 13.5 Å². The Morgan fingerprint density at radius 3 is 2.67 bits per heavy atom. The molecule has 2 N–H and O–H groups in total. The number of oxazole rings is 1. The van der Waals surface area contributed by atoms with Crippen LogP contribution in [0.1, 0.15) is 11.6 Å². The highest BCUT2D eigenvalue weighted by atomic mass is 16.5. The van der Waals surface area contributed by atoms with Gasteiger partial charge in [0.1, 0.15) is 12.0 Å². The van der Waals surface area contributed by atoms with Crippen molar-refractivity contribution in [1.82, 2.24) is 4.98 Å². The van der Waals surface area contributed by atoms with Crippen LogP contribution in [0.3, 0.4) is 0 Å². The van der Waals surface area contributed by atoms with Crippen molar-refractivity contribution in [3.63, 3.8) is 0 Å². The minimum Gasteiger partial charge on any atom is -0.484 e. The van der Waals surface area contributed by atoms with E-state index >= 15 is 0 Å². The van der Waals surface area contributed by atoms with Gasteiger partial charge < -0.3 is 14.9 Å². The number of ether oxygens (including phenoxy) is 1. The van der Waals surface area contributed by atoms with Gasteiger partial charge in [-0.3, -0.25) is 0 Å². The van der Waals surface area contributed by atoms with Crippen LogP contribution in [-0.4, -0.2) is 4.98 Å². The van der Waals surface area contributed by atoms with Crippen LogP contribution in [0.5, 0.6) is 5.75 Å². The van der Waals surface area contributed by atoms with E-state index in [1.165, 1.54) is 0 Å². The first kappa shape index (κ1) is 9.58. The molecule has 0 radical (unpaired) electrons. The third-order valence-corrected chi connectivity index (χ3v) is 1.91. The van der Waals surface area contributed by atoms with Crippen molar-refractivity contribution < 1.29 is 9.15 Å². The van der Waals surface area contributed by atoms with E-state index in [4.69, 9.17) is 14.9 Å². The van der Waals surface area contributed by atoms with Gasteiger partial charge in [-0.2, -0.15) is 0 Å². The summed E-state index contributed by atoms with van der Waals surface area (Å²) in [5.41, 5.74) is 7.12. The van der Waals surface area contributed by atoms with Crippen LogP contribution < -0.4 is 10.5 Å². The van der Waals surface area contributed by atoms with E-state index in [0.717, 1.165) is 11.4 Å². The third kappa shape index (κ3) is 2.49. The van der Waals surface area contributed by atoms with E-state index in [0.29, 0.717) is 18.2 Å². The predicted molar refractivity (Wildman–Crippen MR) is 56.4 cm³/mol. The summed E-state index contributed by atoms with van der Waals surface area (Å²) >= 11 is 0. The average Bonchev–Trinajstić information content (AvgIpc) is 2.64. The number of nitrogen functional groups attached to an aromatic ring is 1. The Bertz CT molecular complexity index is 434. The molecule has 0 fully saturated rings. The predicted octanol–water partition coefficient (Wildman–Crippen LogP) is 2.14. The number of benzene rings is 1. The highest BCUT2D eigenvalue weighted by Crippen LogP contribution is 2.14. The maximum absolute atomic E-state index is 5.55. The second kappa shape index (κ2) is 4.04. The standard InChI is InChI=1S/C11H12N2O2/c1-8-6-15-11(13-8)7-14-10-4-2-9(12)3-5-10/h2-6H,7,12H2,1H3. The lowest BCUT2D eigenvalue weighted by Crippen LogP contribution is -1.95. The van der Waals surface area contributed by atoms with Crippen LogP contribution in [-0.2, 0) is 6.61 Å². The number of nitrogens with two attached hydrogens (primary N) is 1. The molecular formula is C11H12N2O2. The van der Waals surface area contributed by atoms with Crippen LogP contribution in [0.4, 0.5) is 5.69 Å². The van der Waals surface area contributed by atoms with Gasteiger partial charge in [0.15, 0.2) is 6.61 Å². The normalized spacial score (nSPS) is 10.2. The summed E-state index contributed by atoms with van der Waals surface area (Å²) in [4.78, 5) is 4.13. The number of rotatable bonds is 3. The third-order valence-electron chi connectivity index (χ3n) is 1.91. The maximum Gasteiger partial charge on any atom is 0.232 e. The van der Waals surface area contributed by atoms with E-state index in [-0.39, 0.29) is 0 Å². The molecule has 15 heavy (non-hydrogen) atoms. The van der Waals surface area contributed by atoms with Crippen LogP contribution in [0.15, 0.2) is 34.9 Å². The topological polar surface area (TPSA) is 61.3 Å². The van der Waals surface area contributed by atoms with Crippen LogP contribution in [0, 0.1) is 6.92 Å². The molecule has 0 amide bonds. The van der Waals surface area contributed by atoms with Gasteiger partial charge in [-0.1, -0.05) is 0 Å². The molecule has 0 aliphatic heterocycles. The molecular weight excluding hydrogens is 192 g/mol. The largest absolute Gasteiger partial charge is 0.484 e. The smallest absolute Gasteiger partial charge is 0.232 e. The van der Waals surface area contributed by atoms with Gasteiger partial charge in [0.05, 0.1) is 5.69 Å². The summed E-state index contributed by atoms with van der Waals surface area (Å²) in [6.45, 7) is 2.20. The Morgan fingerprint density at radius 1 is 1.33 bits per heavy atom. The highest BCUT2D eigenvalue weighted by molar-refractivity contribution is 5.41. The minimum atomic E-state index is 0.331. The number of nitrogens with zero attached hydrogens (tertiary/aromatic N) is 1. The van der Waals surface area contributed by atoms with E-state index in [9.17, 15) is 0 Å². The van der Waals surface area contributed by atoms with Gasteiger partial charge in [0.25, 0.3) is 0 Å². The molecule has 0 atom stereocenters. The number of hydrogen-bond acceptors (Lipinski definition) is 4. The van der Waals surface area contributed by atoms with E-state index < -0.39 is 0 Å². The zero-order valence-corrected chi connectivity index (χ0v) is 8.43. The van der Waals surface area contributed by atoms with Gasteiger partial charge in [-0.15, -0.1) is 0 Å². The van der Waals surface area contributed by atoms with Crippen molar-refractivity contribution in [3.05, 3.63) is 42.1 Å². The number of hydrogen-bond donors (Lipinski definition) is 1. The molecule has 0 bridgehead atoms.